The van der Waals surface area contributed by atoms with Gasteiger partial charge in [0.15, 0.2) is 0 Å². The van der Waals surface area contributed by atoms with Gasteiger partial charge in [0.2, 0.25) is 5.79 Å². The molecule has 4 heteroatoms. The lowest BCUT2D eigenvalue weighted by molar-refractivity contribution is -0.233. The van der Waals surface area contributed by atoms with E-state index in [2.05, 4.69) is 37.3 Å². The summed E-state index contributed by atoms with van der Waals surface area (Å²) < 4.78 is 18.2. The molecule has 2 unspecified atom stereocenters. The second kappa shape index (κ2) is 5.96. The minimum absolute atomic E-state index is 0.375. The normalized spacial score (nSPS) is 22.8. The second-order valence-electron chi connectivity index (χ2n) is 7.57. The summed E-state index contributed by atoms with van der Waals surface area (Å²) in [5.74, 6) is 0.434. The van der Waals surface area contributed by atoms with Crippen molar-refractivity contribution in [3.8, 4) is 5.75 Å². The van der Waals surface area contributed by atoms with Gasteiger partial charge in [0.25, 0.3) is 0 Å². The standard InChI is InChI=1S/C23H22O4/c1-3-4-11-23-13-18-16-8-6-5-7-15(16)9-10-17(18)21(27-23)20-19(26-23)12-14(2)25-22(20)24/h5-10,12,21H,3-4,11,13H2,1-2H3. The van der Waals surface area contributed by atoms with Gasteiger partial charge in [0, 0.05) is 18.9 Å². The molecule has 0 amide bonds. The molecule has 0 radical (unpaired) electrons. The Labute approximate surface area is 157 Å². The van der Waals surface area contributed by atoms with Crippen molar-refractivity contribution in [3.05, 3.63) is 75.3 Å². The van der Waals surface area contributed by atoms with Crippen molar-refractivity contribution in [1.82, 2.24) is 0 Å². The van der Waals surface area contributed by atoms with E-state index < -0.39 is 11.9 Å². The molecule has 0 saturated heterocycles. The first-order valence-electron chi connectivity index (χ1n) is 9.62. The monoisotopic (exact) mass is 362 g/mol. The molecule has 0 spiro atoms. The maximum absolute atomic E-state index is 12.6. The lowest BCUT2D eigenvalue weighted by atomic mass is 9.83. The van der Waals surface area contributed by atoms with Crippen LogP contribution in [0.4, 0.5) is 0 Å². The smallest absolute Gasteiger partial charge is 0.345 e. The van der Waals surface area contributed by atoms with Gasteiger partial charge in [0.05, 0.1) is 0 Å². The van der Waals surface area contributed by atoms with Crippen molar-refractivity contribution >= 4 is 10.8 Å². The molecule has 0 aliphatic carbocycles. The Morgan fingerprint density at radius 1 is 1.19 bits per heavy atom. The first-order valence-corrected chi connectivity index (χ1v) is 9.62. The fourth-order valence-electron chi connectivity index (χ4n) is 4.42. The summed E-state index contributed by atoms with van der Waals surface area (Å²) in [6.07, 6.45) is 3.09. The van der Waals surface area contributed by atoms with Crippen molar-refractivity contribution in [2.75, 3.05) is 0 Å². The van der Waals surface area contributed by atoms with E-state index in [-0.39, 0.29) is 5.63 Å². The molecule has 3 heterocycles. The lowest BCUT2D eigenvalue weighted by Gasteiger charge is -2.46. The summed E-state index contributed by atoms with van der Waals surface area (Å²) in [6.45, 7) is 3.94. The van der Waals surface area contributed by atoms with Crippen LogP contribution in [0.5, 0.6) is 5.75 Å². The summed E-state index contributed by atoms with van der Waals surface area (Å²) in [6, 6.07) is 14.4. The van der Waals surface area contributed by atoms with Crippen LogP contribution in [-0.4, -0.2) is 5.79 Å². The van der Waals surface area contributed by atoms with Gasteiger partial charge in [-0.2, -0.15) is 0 Å². The van der Waals surface area contributed by atoms with Crippen LogP contribution < -0.4 is 10.4 Å². The van der Waals surface area contributed by atoms with Crippen molar-refractivity contribution in [2.45, 2.75) is 51.4 Å². The van der Waals surface area contributed by atoms with Gasteiger partial charge < -0.3 is 13.9 Å². The topological polar surface area (TPSA) is 48.7 Å². The van der Waals surface area contributed by atoms with Gasteiger partial charge in [0.1, 0.15) is 23.2 Å². The van der Waals surface area contributed by atoms with Crippen molar-refractivity contribution in [2.24, 2.45) is 0 Å². The Morgan fingerprint density at radius 3 is 2.89 bits per heavy atom. The molecule has 3 aromatic rings. The highest BCUT2D eigenvalue weighted by Crippen LogP contribution is 2.50. The molecule has 2 bridgehead atoms. The zero-order valence-electron chi connectivity index (χ0n) is 15.6. The first-order chi connectivity index (χ1) is 13.1. The maximum Gasteiger partial charge on any atom is 0.345 e. The fourth-order valence-corrected chi connectivity index (χ4v) is 4.42. The molecule has 1 aromatic heterocycles. The Kier molecular flexibility index (Phi) is 3.66. The van der Waals surface area contributed by atoms with Crippen LogP contribution in [0, 0.1) is 6.92 Å². The minimum atomic E-state index is -0.731. The summed E-state index contributed by atoms with van der Waals surface area (Å²) >= 11 is 0. The largest absolute Gasteiger partial charge is 0.461 e. The van der Waals surface area contributed by atoms with E-state index in [0.29, 0.717) is 23.5 Å². The lowest BCUT2D eigenvalue weighted by Crippen LogP contribution is -2.50. The van der Waals surface area contributed by atoms with Crippen LogP contribution in [0.3, 0.4) is 0 Å². The molecule has 5 rings (SSSR count). The van der Waals surface area contributed by atoms with E-state index in [0.717, 1.165) is 24.8 Å². The van der Waals surface area contributed by atoms with Crippen LogP contribution >= 0.6 is 0 Å². The van der Waals surface area contributed by atoms with Gasteiger partial charge in [-0.15, -0.1) is 0 Å². The highest BCUT2D eigenvalue weighted by molar-refractivity contribution is 5.87. The van der Waals surface area contributed by atoms with Crippen molar-refractivity contribution in [3.63, 3.8) is 0 Å². The van der Waals surface area contributed by atoms with Crippen LogP contribution in [-0.2, 0) is 11.2 Å². The van der Waals surface area contributed by atoms with Crippen LogP contribution in [0.2, 0.25) is 0 Å². The quantitative estimate of drug-likeness (QED) is 0.655. The maximum atomic E-state index is 12.6. The number of ether oxygens (including phenoxy) is 2. The molecule has 0 N–H and O–H groups in total. The Balaban J connectivity index is 1.78. The summed E-state index contributed by atoms with van der Waals surface area (Å²) in [7, 11) is 0. The van der Waals surface area contributed by atoms with Gasteiger partial charge in [-0.3, -0.25) is 0 Å². The summed E-state index contributed by atoms with van der Waals surface area (Å²) in [4.78, 5) is 12.6. The highest BCUT2D eigenvalue weighted by atomic mass is 16.7. The zero-order valence-corrected chi connectivity index (χ0v) is 15.6. The molecule has 27 heavy (non-hydrogen) atoms. The van der Waals surface area contributed by atoms with Crippen LogP contribution in [0.1, 0.15) is 54.7 Å². The fraction of sp³-hybridized carbons (Fsp3) is 0.348. The molecular formula is C23H22O4. The molecule has 2 aliphatic rings. The van der Waals surface area contributed by atoms with Crippen LogP contribution in [0.25, 0.3) is 10.8 Å². The first kappa shape index (κ1) is 16.6. The number of hydrogen-bond acceptors (Lipinski definition) is 4. The SMILES string of the molecule is CCCCC12Cc3c(ccc4ccccc34)C(O1)c1c(cc(C)oc1=O)O2. The Morgan fingerprint density at radius 2 is 2.04 bits per heavy atom. The average Bonchev–Trinajstić information content (AvgIpc) is 2.65. The van der Waals surface area contributed by atoms with Crippen molar-refractivity contribution < 1.29 is 13.9 Å². The summed E-state index contributed by atoms with van der Waals surface area (Å²) in [5.41, 5.74) is 2.36. The molecular weight excluding hydrogens is 340 g/mol. The second-order valence-corrected chi connectivity index (χ2v) is 7.57. The third kappa shape index (κ3) is 2.51. The third-order valence-corrected chi connectivity index (χ3v) is 5.68. The molecule has 0 saturated carbocycles. The van der Waals surface area contributed by atoms with Gasteiger partial charge in [-0.25, -0.2) is 4.79 Å². The van der Waals surface area contributed by atoms with E-state index in [4.69, 9.17) is 13.9 Å². The number of fused-ring (bicyclic) bond motifs is 8. The zero-order chi connectivity index (χ0) is 18.6. The molecule has 2 aromatic carbocycles. The van der Waals surface area contributed by atoms with Crippen molar-refractivity contribution in [1.29, 1.82) is 0 Å². The van der Waals surface area contributed by atoms with E-state index in [1.165, 1.54) is 16.3 Å². The number of aryl methyl sites for hydroxylation is 1. The molecule has 138 valence electrons. The number of unbranched alkanes of at least 4 members (excludes halogenated alkanes) is 1. The van der Waals surface area contributed by atoms with Gasteiger partial charge >= 0.3 is 5.63 Å². The number of rotatable bonds is 3. The molecule has 0 fully saturated rings. The number of benzene rings is 2. The van der Waals surface area contributed by atoms with E-state index in [9.17, 15) is 4.79 Å². The predicted octanol–water partition coefficient (Wildman–Crippen LogP) is 5.04. The highest BCUT2D eigenvalue weighted by Gasteiger charge is 2.48. The van der Waals surface area contributed by atoms with E-state index in [1.807, 2.05) is 12.1 Å². The minimum Gasteiger partial charge on any atom is -0.461 e. The third-order valence-electron chi connectivity index (χ3n) is 5.68. The molecule has 2 atom stereocenters. The van der Waals surface area contributed by atoms with Crippen LogP contribution in [0.15, 0.2) is 51.7 Å². The van der Waals surface area contributed by atoms with Gasteiger partial charge in [-0.1, -0.05) is 49.7 Å². The summed E-state index contributed by atoms with van der Waals surface area (Å²) in [5, 5.41) is 2.39. The van der Waals surface area contributed by atoms with Gasteiger partial charge in [-0.05, 0) is 35.2 Å². The Bertz CT molecular complexity index is 1100. The Hall–Kier alpha value is -2.59. The van der Waals surface area contributed by atoms with E-state index in [1.54, 1.807) is 6.92 Å². The molecule has 2 aliphatic heterocycles. The number of hydrogen-bond donors (Lipinski definition) is 0. The van der Waals surface area contributed by atoms with E-state index >= 15 is 0 Å². The average molecular weight is 362 g/mol. The molecule has 4 nitrogen and oxygen atoms in total. The predicted molar refractivity (Wildman–Crippen MR) is 103 cm³/mol.